The van der Waals surface area contributed by atoms with Crippen molar-refractivity contribution >= 4 is 5.82 Å². The predicted molar refractivity (Wildman–Crippen MR) is 69.5 cm³/mol. The molecule has 0 fully saturated rings. The minimum absolute atomic E-state index is 0.0631. The standard InChI is InChI=1S/C14H8F3N3O/c15-7-5-8(16)11(9(17)6-7)13-12(14(18)20-21-13)10-3-1-2-4-19-10/h1-6H,(H2,18,20). The highest BCUT2D eigenvalue weighted by atomic mass is 19.1. The van der Waals surface area contributed by atoms with Gasteiger partial charge >= 0.3 is 0 Å². The first-order valence-corrected chi connectivity index (χ1v) is 5.89. The molecule has 0 atom stereocenters. The van der Waals surface area contributed by atoms with Gasteiger partial charge in [0.15, 0.2) is 11.6 Å². The second kappa shape index (κ2) is 4.93. The molecule has 0 aliphatic heterocycles. The van der Waals surface area contributed by atoms with E-state index < -0.39 is 23.0 Å². The largest absolute Gasteiger partial charge is 0.380 e. The summed E-state index contributed by atoms with van der Waals surface area (Å²) in [6.45, 7) is 0. The molecule has 0 radical (unpaired) electrons. The van der Waals surface area contributed by atoms with Crippen LogP contribution in [0.5, 0.6) is 0 Å². The van der Waals surface area contributed by atoms with Crippen LogP contribution in [0.2, 0.25) is 0 Å². The van der Waals surface area contributed by atoms with E-state index in [0.29, 0.717) is 17.8 Å². The Hall–Kier alpha value is -2.83. The zero-order chi connectivity index (χ0) is 15.0. The van der Waals surface area contributed by atoms with Crippen LogP contribution >= 0.6 is 0 Å². The first-order chi connectivity index (χ1) is 10.1. The molecule has 7 heteroatoms. The van der Waals surface area contributed by atoms with Crippen LogP contribution in [0.1, 0.15) is 0 Å². The van der Waals surface area contributed by atoms with E-state index in [-0.39, 0.29) is 17.1 Å². The molecule has 0 unspecified atom stereocenters. The van der Waals surface area contributed by atoms with Crippen molar-refractivity contribution in [1.82, 2.24) is 10.1 Å². The molecular weight excluding hydrogens is 283 g/mol. The van der Waals surface area contributed by atoms with Crippen molar-refractivity contribution in [3.05, 3.63) is 54.0 Å². The van der Waals surface area contributed by atoms with Crippen LogP contribution in [0.3, 0.4) is 0 Å². The Labute approximate surface area is 117 Å². The minimum Gasteiger partial charge on any atom is -0.380 e. The van der Waals surface area contributed by atoms with E-state index in [4.69, 9.17) is 10.3 Å². The molecule has 0 bridgehead atoms. The van der Waals surface area contributed by atoms with Crippen LogP contribution in [0, 0.1) is 17.5 Å². The number of anilines is 1. The number of nitrogens with two attached hydrogens (primary N) is 1. The third-order valence-corrected chi connectivity index (χ3v) is 2.87. The molecule has 2 N–H and O–H groups in total. The van der Waals surface area contributed by atoms with Crippen molar-refractivity contribution in [2.45, 2.75) is 0 Å². The minimum atomic E-state index is -1.11. The maximum absolute atomic E-state index is 13.9. The van der Waals surface area contributed by atoms with Gasteiger partial charge in [0.25, 0.3) is 0 Å². The van der Waals surface area contributed by atoms with Gasteiger partial charge in [-0.1, -0.05) is 11.2 Å². The molecule has 2 aromatic heterocycles. The van der Waals surface area contributed by atoms with Crippen molar-refractivity contribution in [2.75, 3.05) is 5.73 Å². The number of halogens is 3. The summed E-state index contributed by atoms with van der Waals surface area (Å²) in [6.07, 6.45) is 1.49. The van der Waals surface area contributed by atoms with Crippen LogP contribution in [-0.4, -0.2) is 10.1 Å². The molecule has 0 spiro atoms. The Morgan fingerprint density at radius 3 is 2.33 bits per heavy atom. The molecule has 0 aliphatic carbocycles. The lowest BCUT2D eigenvalue weighted by Crippen LogP contribution is -1.95. The van der Waals surface area contributed by atoms with E-state index in [1.165, 1.54) is 6.20 Å². The smallest absolute Gasteiger partial charge is 0.184 e. The summed E-state index contributed by atoms with van der Waals surface area (Å²) in [5, 5.41) is 3.51. The fourth-order valence-electron chi connectivity index (χ4n) is 1.99. The number of nitrogens with zero attached hydrogens (tertiary/aromatic N) is 2. The molecule has 1 aromatic carbocycles. The van der Waals surface area contributed by atoms with Crippen molar-refractivity contribution < 1.29 is 17.7 Å². The third-order valence-electron chi connectivity index (χ3n) is 2.87. The van der Waals surface area contributed by atoms with Gasteiger partial charge < -0.3 is 10.3 Å². The van der Waals surface area contributed by atoms with Gasteiger partial charge in [0.2, 0.25) is 0 Å². The fraction of sp³-hybridized carbons (Fsp3) is 0. The lowest BCUT2D eigenvalue weighted by atomic mass is 10.0. The molecule has 3 rings (SSSR count). The van der Waals surface area contributed by atoms with Gasteiger partial charge in [-0.05, 0) is 12.1 Å². The zero-order valence-electron chi connectivity index (χ0n) is 10.5. The summed E-state index contributed by atoms with van der Waals surface area (Å²) < 4.78 is 45.7. The van der Waals surface area contributed by atoms with E-state index >= 15 is 0 Å². The second-order valence-electron chi connectivity index (χ2n) is 4.23. The van der Waals surface area contributed by atoms with Crippen LogP contribution in [-0.2, 0) is 0 Å². The summed E-state index contributed by atoms with van der Waals surface area (Å²) in [6, 6.07) is 6.05. The predicted octanol–water partition coefficient (Wildman–Crippen LogP) is 3.40. The molecule has 3 aromatic rings. The highest BCUT2D eigenvalue weighted by Crippen LogP contribution is 2.38. The Bertz CT molecular complexity index is 779. The van der Waals surface area contributed by atoms with Crippen LogP contribution in [0.4, 0.5) is 19.0 Å². The maximum atomic E-state index is 13.9. The average molecular weight is 291 g/mol. The Morgan fingerprint density at radius 2 is 1.71 bits per heavy atom. The first kappa shape index (κ1) is 13.2. The lowest BCUT2D eigenvalue weighted by Gasteiger charge is -2.04. The van der Waals surface area contributed by atoms with Gasteiger partial charge in [-0.3, -0.25) is 4.98 Å². The highest BCUT2D eigenvalue weighted by molar-refractivity contribution is 5.85. The second-order valence-corrected chi connectivity index (χ2v) is 4.23. The summed E-state index contributed by atoms with van der Waals surface area (Å²) in [4.78, 5) is 4.05. The number of rotatable bonds is 2. The Morgan fingerprint density at radius 1 is 1.00 bits per heavy atom. The van der Waals surface area contributed by atoms with E-state index in [2.05, 4.69) is 10.1 Å². The maximum Gasteiger partial charge on any atom is 0.184 e. The number of pyridine rings is 1. The van der Waals surface area contributed by atoms with Crippen molar-refractivity contribution in [3.63, 3.8) is 0 Å². The molecule has 106 valence electrons. The third kappa shape index (κ3) is 2.22. The number of benzene rings is 1. The van der Waals surface area contributed by atoms with E-state index in [0.717, 1.165) is 0 Å². The summed E-state index contributed by atoms with van der Waals surface area (Å²) in [5.41, 5.74) is 5.63. The highest BCUT2D eigenvalue weighted by Gasteiger charge is 2.24. The molecule has 21 heavy (non-hydrogen) atoms. The average Bonchev–Trinajstić information content (AvgIpc) is 2.80. The molecular formula is C14H8F3N3O. The first-order valence-electron chi connectivity index (χ1n) is 5.89. The van der Waals surface area contributed by atoms with E-state index in [9.17, 15) is 13.2 Å². The van der Waals surface area contributed by atoms with Crippen molar-refractivity contribution in [1.29, 1.82) is 0 Å². The van der Waals surface area contributed by atoms with Crippen LogP contribution in [0.25, 0.3) is 22.6 Å². The Kier molecular flexibility index (Phi) is 3.09. The van der Waals surface area contributed by atoms with Gasteiger partial charge in [0, 0.05) is 18.3 Å². The molecule has 0 aliphatic rings. The van der Waals surface area contributed by atoms with Crippen LogP contribution < -0.4 is 5.73 Å². The molecule has 4 nitrogen and oxygen atoms in total. The van der Waals surface area contributed by atoms with Crippen molar-refractivity contribution in [3.8, 4) is 22.6 Å². The normalized spacial score (nSPS) is 10.8. The molecule has 2 heterocycles. The molecule has 0 saturated carbocycles. The quantitative estimate of drug-likeness (QED) is 0.786. The number of nitrogen functional groups attached to an aromatic ring is 1. The SMILES string of the molecule is Nc1noc(-c2c(F)cc(F)cc2F)c1-c1ccccn1. The monoisotopic (exact) mass is 291 g/mol. The van der Waals surface area contributed by atoms with Gasteiger partial charge in [-0.15, -0.1) is 0 Å². The fourth-order valence-corrected chi connectivity index (χ4v) is 1.99. The number of hydrogen-bond donors (Lipinski definition) is 1. The van der Waals surface area contributed by atoms with Crippen molar-refractivity contribution in [2.24, 2.45) is 0 Å². The summed E-state index contributed by atoms with van der Waals surface area (Å²) in [5.74, 6) is -3.55. The van der Waals surface area contributed by atoms with Gasteiger partial charge in [-0.25, -0.2) is 13.2 Å². The van der Waals surface area contributed by atoms with E-state index in [1.807, 2.05) is 0 Å². The van der Waals surface area contributed by atoms with Gasteiger partial charge in [0.1, 0.15) is 17.5 Å². The number of aromatic nitrogens is 2. The topological polar surface area (TPSA) is 64.9 Å². The zero-order valence-corrected chi connectivity index (χ0v) is 10.5. The lowest BCUT2D eigenvalue weighted by molar-refractivity contribution is 0.429. The number of hydrogen-bond acceptors (Lipinski definition) is 4. The van der Waals surface area contributed by atoms with Gasteiger partial charge in [0.05, 0.1) is 16.8 Å². The van der Waals surface area contributed by atoms with Crippen LogP contribution in [0.15, 0.2) is 41.1 Å². The van der Waals surface area contributed by atoms with Gasteiger partial charge in [-0.2, -0.15) is 0 Å². The van der Waals surface area contributed by atoms with E-state index in [1.54, 1.807) is 18.2 Å². The molecule has 0 amide bonds. The summed E-state index contributed by atoms with van der Waals surface area (Å²) >= 11 is 0. The summed E-state index contributed by atoms with van der Waals surface area (Å²) in [7, 11) is 0. The molecule has 0 saturated heterocycles. The Balaban J connectivity index is 2.27.